The number of aryl methyl sites for hydroxylation is 1. The molecule has 22 nitrogen and oxygen atoms in total. The Morgan fingerprint density at radius 2 is 1.69 bits per heavy atom. The summed E-state index contributed by atoms with van der Waals surface area (Å²) >= 11 is 0. The molecule has 3 unspecified atom stereocenters. The van der Waals surface area contributed by atoms with Crippen LogP contribution in [0.3, 0.4) is 0 Å². The molecule has 6 rings (SSSR count). The summed E-state index contributed by atoms with van der Waals surface area (Å²) < 4.78 is 84.2. The largest absolute Gasteiger partial charge is 0.490 e. The summed E-state index contributed by atoms with van der Waals surface area (Å²) in [5, 5.41) is 13.3. The van der Waals surface area contributed by atoms with Crippen LogP contribution >= 0.6 is 23.5 Å². The van der Waals surface area contributed by atoms with E-state index in [9.17, 15) is 55.9 Å². The van der Waals surface area contributed by atoms with Gasteiger partial charge < -0.3 is 34.9 Å². The molecule has 386 valence electrons. The van der Waals surface area contributed by atoms with Crippen molar-refractivity contribution in [2.75, 3.05) is 31.1 Å². The molecule has 71 heavy (non-hydrogen) atoms. The maximum absolute atomic E-state index is 12.8. The van der Waals surface area contributed by atoms with Crippen molar-refractivity contribution in [2.45, 2.75) is 108 Å². The van der Waals surface area contributed by atoms with Crippen molar-refractivity contribution in [3.8, 4) is 11.8 Å². The van der Waals surface area contributed by atoms with Crippen molar-refractivity contribution in [3.63, 3.8) is 0 Å². The number of aromatic amines is 1. The standard InChI is InChI=1S/C45H58N5O17P3S/c1-7-48-36-19-17-29(2)23-34(36)44(3,4)39(48)14-11-15-40-45(5,6)35-26-33(71(62,63)64)18-20-37(35)49(40)22-10-8-9-16-41(52)46-21-12-13-30-27-50(43(54)47-42(30)53)32-24-31(38(51)25-32)28-65-69(58,59)67-70(60,61)66-68(55,56)57/h11,14-15,17-20,23,26-27,31-32,38,51H,7-10,16,21-22,24-25,28H2,1-6H3,(H6-,46,47,52,53,54,55,56,57,58,59,60,61,62,63,64)/p+1/t31-,32-,38?/m1/s1. The number of aliphatic hydroxyl groups excluding tert-OH is 1. The Morgan fingerprint density at radius 1 is 0.972 bits per heavy atom. The zero-order valence-corrected chi connectivity index (χ0v) is 43.3. The van der Waals surface area contributed by atoms with Crippen molar-refractivity contribution < 1.29 is 73.9 Å². The molecule has 8 N–H and O–H groups in total. The minimum atomic E-state index is -5.75. The van der Waals surface area contributed by atoms with Gasteiger partial charge in [0.1, 0.15) is 12.1 Å². The molecule has 26 heteroatoms. The number of fused-ring (bicyclic) bond motifs is 2. The van der Waals surface area contributed by atoms with Crippen LogP contribution in [-0.4, -0.2) is 95.7 Å². The number of benzene rings is 2. The highest BCUT2D eigenvalue weighted by atomic mass is 32.2. The number of phosphoric ester groups is 1. The van der Waals surface area contributed by atoms with Crippen molar-refractivity contribution in [1.82, 2.24) is 14.9 Å². The molecule has 1 aromatic heterocycles. The number of aromatic nitrogens is 2. The fourth-order valence-corrected chi connectivity index (χ4v) is 12.9. The van der Waals surface area contributed by atoms with E-state index in [1.165, 1.54) is 28.9 Å². The molecule has 2 aromatic carbocycles. The van der Waals surface area contributed by atoms with Gasteiger partial charge in [-0.2, -0.15) is 21.6 Å². The molecule has 3 heterocycles. The molecule has 0 radical (unpaired) electrons. The number of likely N-dealkylation sites (N-methyl/N-ethyl adjacent to an activating group) is 1. The molecular weight excluding hydrogens is 1010 g/mol. The third kappa shape index (κ3) is 13.3. The van der Waals surface area contributed by atoms with E-state index in [0.717, 1.165) is 40.0 Å². The Balaban J connectivity index is 1.05. The minimum absolute atomic E-state index is 0.0612. The van der Waals surface area contributed by atoms with Crippen molar-refractivity contribution in [2.24, 2.45) is 5.92 Å². The number of aliphatic hydroxyl groups is 1. The van der Waals surface area contributed by atoms with Crippen molar-refractivity contribution >= 4 is 56.6 Å². The van der Waals surface area contributed by atoms with Gasteiger partial charge >= 0.3 is 29.2 Å². The van der Waals surface area contributed by atoms with Crippen LogP contribution in [-0.2, 0) is 52.6 Å². The lowest BCUT2D eigenvalue weighted by Crippen LogP contribution is -2.33. The van der Waals surface area contributed by atoms with Crippen LogP contribution in [0.15, 0.2) is 81.0 Å². The third-order valence-corrected chi connectivity index (χ3v) is 17.4. The summed E-state index contributed by atoms with van der Waals surface area (Å²) in [6.07, 6.45) is 8.04. The highest BCUT2D eigenvalue weighted by Crippen LogP contribution is 2.66. The molecule has 1 aliphatic carbocycles. The molecule has 2 aliphatic heterocycles. The molecule has 3 aromatic rings. The highest BCUT2D eigenvalue weighted by molar-refractivity contribution is 7.85. The first-order valence-corrected chi connectivity index (χ1v) is 28.5. The third-order valence-electron chi connectivity index (χ3n) is 12.8. The number of amides is 1. The number of nitrogens with one attached hydrogen (secondary N) is 2. The van der Waals surface area contributed by atoms with E-state index in [4.69, 9.17) is 9.79 Å². The SMILES string of the molecule is CCN1C(=CC=CC2=[N+](CCCCCC(=O)NCC#Cc3cn([C@H]4CC(O)[C@@H](COP(=O)(O)OP(=O)(O)OP(=O)(O)O)C4)c(=O)[nH]c3=O)c3ccc(S(=O)(=O)O)cc3C2(C)C)C(C)(C)c2cc(C)ccc21. The van der Waals surface area contributed by atoms with E-state index in [1.54, 1.807) is 6.07 Å². The quantitative estimate of drug-likeness (QED) is 0.0254. The highest BCUT2D eigenvalue weighted by Gasteiger charge is 2.46. The van der Waals surface area contributed by atoms with Crippen LogP contribution in [0.2, 0.25) is 0 Å². The van der Waals surface area contributed by atoms with E-state index < -0.39 is 74.9 Å². The van der Waals surface area contributed by atoms with Crippen LogP contribution in [0.5, 0.6) is 0 Å². The van der Waals surface area contributed by atoms with E-state index in [2.05, 4.69) is 103 Å². The topological polar surface area (TPSA) is 325 Å². The number of allylic oxidation sites excluding steroid dienone is 4. The van der Waals surface area contributed by atoms with Gasteiger partial charge in [-0.3, -0.25) is 28.2 Å². The van der Waals surface area contributed by atoms with Gasteiger partial charge in [0.2, 0.25) is 11.6 Å². The van der Waals surface area contributed by atoms with E-state index in [0.29, 0.717) is 25.8 Å². The molecule has 3 aliphatic rings. The first-order chi connectivity index (χ1) is 32.9. The molecule has 0 spiro atoms. The molecule has 5 atom stereocenters. The maximum Gasteiger partial charge on any atom is 0.490 e. The van der Waals surface area contributed by atoms with Gasteiger partial charge in [-0.1, -0.05) is 49.5 Å². The second-order valence-corrected chi connectivity index (χ2v) is 24.4. The molecule has 1 fully saturated rings. The second-order valence-electron chi connectivity index (χ2n) is 18.6. The first-order valence-electron chi connectivity index (χ1n) is 22.6. The van der Waals surface area contributed by atoms with Crippen LogP contribution in [0, 0.1) is 24.7 Å². The number of carbonyl (C=O) groups is 1. The minimum Gasteiger partial charge on any atom is -0.393 e. The fourth-order valence-electron chi connectivity index (χ4n) is 9.34. The number of hydrogen-bond acceptors (Lipinski definition) is 13. The maximum atomic E-state index is 12.8. The number of anilines is 1. The zero-order valence-electron chi connectivity index (χ0n) is 39.8. The van der Waals surface area contributed by atoms with E-state index >= 15 is 0 Å². The Hall–Kier alpha value is -4.62. The zero-order chi connectivity index (χ0) is 52.5. The number of unbranched alkanes of at least 4 members (excludes halogenated alkanes) is 2. The van der Waals surface area contributed by atoms with Gasteiger partial charge in [-0.25, -0.2) is 18.5 Å². The summed E-state index contributed by atoms with van der Waals surface area (Å²) in [7, 11) is -21.3. The van der Waals surface area contributed by atoms with Crippen LogP contribution in [0.25, 0.3) is 0 Å². The second kappa shape index (κ2) is 21.5. The summed E-state index contributed by atoms with van der Waals surface area (Å²) in [5.41, 5.74) is 4.59. The Morgan fingerprint density at radius 3 is 2.37 bits per heavy atom. The van der Waals surface area contributed by atoms with Crippen molar-refractivity contribution in [1.29, 1.82) is 0 Å². The average Bonchev–Trinajstić information content (AvgIpc) is 3.79. The summed E-state index contributed by atoms with van der Waals surface area (Å²) in [5.74, 6) is 4.07. The molecule has 0 bridgehead atoms. The van der Waals surface area contributed by atoms with Gasteiger partial charge in [-0.15, -0.1) is 0 Å². The van der Waals surface area contributed by atoms with E-state index in [1.807, 2.05) is 19.9 Å². The Labute approximate surface area is 410 Å². The van der Waals surface area contributed by atoms with Gasteiger partial charge in [0.25, 0.3) is 15.7 Å². The van der Waals surface area contributed by atoms with Crippen LogP contribution < -0.4 is 21.5 Å². The average molecular weight is 1070 g/mol. The Kier molecular flexibility index (Phi) is 16.8. The predicted molar refractivity (Wildman–Crippen MR) is 261 cm³/mol. The summed E-state index contributed by atoms with van der Waals surface area (Å²) in [6, 6.07) is 10.3. The number of hydrogen-bond donors (Lipinski definition) is 8. The first kappa shape index (κ1) is 55.7. The normalized spacial score (nSPS) is 21.7. The smallest absolute Gasteiger partial charge is 0.393 e. The number of phosphoric acid groups is 3. The molecular formula is C45H59N5O17P3S+. The number of H-pyrrole nitrogens is 1. The molecule has 0 saturated heterocycles. The molecule has 1 amide bonds. The number of nitrogens with zero attached hydrogens (tertiary/aromatic N) is 3. The summed E-state index contributed by atoms with van der Waals surface area (Å²) in [4.78, 5) is 79.0. The van der Waals surface area contributed by atoms with Gasteiger partial charge in [0.05, 0.1) is 29.6 Å². The lowest BCUT2D eigenvalue weighted by Gasteiger charge is -2.25. The van der Waals surface area contributed by atoms with Crippen LogP contribution in [0.4, 0.5) is 11.4 Å². The van der Waals surface area contributed by atoms with Gasteiger partial charge in [-0.05, 0) is 83.2 Å². The van der Waals surface area contributed by atoms with Gasteiger partial charge in [0.15, 0.2) is 5.71 Å². The summed E-state index contributed by atoms with van der Waals surface area (Å²) in [6.45, 7) is 13.1. The van der Waals surface area contributed by atoms with E-state index in [-0.39, 0.29) is 47.6 Å². The lowest BCUT2D eigenvalue weighted by molar-refractivity contribution is -0.438. The van der Waals surface area contributed by atoms with Crippen molar-refractivity contribution in [3.05, 3.63) is 110 Å². The van der Waals surface area contributed by atoms with Crippen LogP contribution in [0.1, 0.15) is 101 Å². The monoisotopic (exact) mass is 1070 g/mol. The number of rotatable bonds is 19. The lowest BCUT2D eigenvalue weighted by atomic mass is 9.81. The number of carbonyl (C=O) groups excluding carboxylic acids is 1. The molecule has 1 saturated carbocycles. The van der Waals surface area contributed by atoms with Gasteiger partial charge in [0, 0.05) is 72.0 Å². The fraction of sp³-hybridized carbons (Fsp3) is 0.467. The Bertz CT molecular complexity index is 3130. The predicted octanol–water partition coefficient (Wildman–Crippen LogP) is 5.11.